The number of alkyl halides is 1. The van der Waals surface area contributed by atoms with E-state index in [1.165, 1.54) is 7.11 Å². The summed E-state index contributed by atoms with van der Waals surface area (Å²) in [6.45, 7) is 0. The number of carbonyl (C=O) groups excluding carboxylic acids is 1. The predicted octanol–water partition coefficient (Wildman–Crippen LogP) is 2.08. The van der Waals surface area contributed by atoms with Crippen LogP contribution in [0, 0.1) is 0 Å². The second-order valence-electron chi connectivity index (χ2n) is 2.28. The molecule has 0 fully saturated rings. The summed E-state index contributed by atoms with van der Waals surface area (Å²) < 4.78 is 10.0. The highest BCUT2D eigenvalue weighted by molar-refractivity contribution is 6.17. The number of halogens is 1. The molecule has 0 saturated heterocycles. The molecule has 0 spiro atoms. The molecule has 0 atom stereocenters. The summed E-state index contributed by atoms with van der Waals surface area (Å²) in [6.07, 6.45) is 0.737. The Morgan fingerprint density at radius 1 is 1.46 bits per heavy atom. The van der Waals surface area contributed by atoms with Crippen LogP contribution in [-0.2, 0) is 0 Å². The van der Waals surface area contributed by atoms with Crippen LogP contribution in [0.15, 0.2) is 18.2 Å². The molecule has 1 aromatic carbocycles. The van der Waals surface area contributed by atoms with Crippen LogP contribution in [0.2, 0.25) is 0 Å². The fraction of sp³-hybridized carbons (Fsp3) is 0.222. The van der Waals surface area contributed by atoms with E-state index in [2.05, 4.69) is 0 Å². The Labute approximate surface area is 81.2 Å². The number of methoxy groups -OCH3 is 1. The average Bonchev–Trinajstić information content (AvgIpc) is 2.18. The summed E-state index contributed by atoms with van der Waals surface area (Å²) in [5.41, 5.74) is 0.529. The molecule has 0 aliphatic rings. The molecule has 0 aromatic heterocycles. The number of rotatable bonds is 4. The first-order valence-electron chi connectivity index (χ1n) is 3.63. The average molecular weight is 201 g/mol. The van der Waals surface area contributed by atoms with Gasteiger partial charge in [0.25, 0.3) is 0 Å². The highest BCUT2D eigenvalue weighted by Crippen LogP contribution is 2.27. The van der Waals surface area contributed by atoms with Crippen molar-refractivity contribution in [1.82, 2.24) is 0 Å². The zero-order valence-corrected chi connectivity index (χ0v) is 7.88. The highest BCUT2D eigenvalue weighted by Gasteiger charge is 2.04. The Kier molecular flexibility index (Phi) is 3.58. The van der Waals surface area contributed by atoms with Gasteiger partial charge in [-0.3, -0.25) is 4.79 Å². The molecule has 0 radical (unpaired) electrons. The van der Waals surface area contributed by atoms with Gasteiger partial charge < -0.3 is 9.47 Å². The lowest BCUT2D eigenvalue weighted by atomic mass is 10.2. The topological polar surface area (TPSA) is 35.5 Å². The molecule has 13 heavy (non-hydrogen) atoms. The molecule has 0 amide bonds. The van der Waals surface area contributed by atoms with Crippen LogP contribution in [-0.4, -0.2) is 19.5 Å². The van der Waals surface area contributed by atoms with Crippen molar-refractivity contribution >= 4 is 17.9 Å². The summed E-state index contributed by atoms with van der Waals surface area (Å²) in [6, 6.07) is 4.91. The SMILES string of the molecule is COc1ccc(C=O)cc1OCCl. The van der Waals surface area contributed by atoms with Crippen molar-refractivity contribution in [3.05, 3.63) is 23.8 Å². The normalized spacial score (nSPS) is 9.38. The van der Waals surface area contributed by atoms with Crippen LogP contribution in [0.4, 0.5) is 0 Å². The van der Waals surface area contributed by atoms with Crippen molar-refractivity contribution in [1.29, 1.82) is 0 Å². The molecule has 0 N–H and O–H groups in total. The molecular weight excluding hydrogens is 192 g/mol. The van der Waals surface area contributed by atoms with Gasteiger partial charge in [0, 0.05) is 5.56 Å². The van der Waals surface area contributed by atoms with E-state index in [1.54, 1.807) is 18.2 Å². The van der Waals surface area contributed by atoms with Crippen LogP contribution in [0.25, 0.3) is 0 Å². The van der Waals surface area contributed by atoms with Gasteiger partial charge in [-0.05, 0) is 18.2 Å². The standard InChI is InChI=1S/C9H9ClO3/c1-12-8-3-2-7(5-11)4-9(8)13-6-10/h2-5H,6H2,1H3. The summed E-state index contributed by atoms with van der Waals surface area (Å²) in [7, 11) is 1.52. The lowest BCUT2D eigenvalue weighted by Crippen LogP contribution is -1.94. The minimum Gasteiger partial charge on any atom is -0.493 e. The number of aldehydes is 1. The molecule has 0 saturated carbocycles. The summed E-state index contributed by atoms with van der Waals surface area (Å²) in [5.74, 6) is 1.04. The van der Waals surface area contributed by atoms with Gasteiger partial charge in [0.15, 0.2) is 17.6 Å². The lowest BCUT2D eigenvalue weighted by Gasteiger charge is -2.07. The van der Waals surface area contributed by atoms with E-state index >= 15 is 0 Å². The minimum atomic E-state index is 0.0265. The molecule has 3 nitrogen and oxygen atoms in total. The first-order valence-corrected chi connectivity index (χ1v) is 4.17. The quantitative estimate of drug-likeness (QED) is 0.552. The Hall–Kier alpha value is -1.22. The highest BCUT2D eigenvalue weighted by atomic mass is 35.5. The minimum absolute atomic E-state index is 0.0265. The molecule has 70 valence electrons. The zero-order chi connectivity index (χ0) is 9.68. The van der Waals surface area contributed by atoms with Crippen molar-refractivity contribution in [2.75, 3.05) is 13.2 Å². The van der Waals surface area contributed by atoms with Gasteiger partial charge in [0.05, 0.1) is 7.11 Å². The molecule has 0 bridgehead atoms. The molecule has 0 unspecified atom stereocenters. The first kappa shape index (κ1) is 9.86. The predicted molar refractivity (Wildman–Crippen MR) is 49.7 cm³/mol. The molecule has 0 heterocycles. The smallest absolute Gasteiger partial charge is 0.163 e. The Balaban J connectivity index is 3.02. The van der Waals surface area contributed by atoms with Gasteiger partial charge in [-0.1, -0.05) is 11.6 Å². The fourth-order valence-corrected chi connectivity index (χ4v) is 1.06. The third kappa shape index (κ3) is 2.36. The molecule has 0 aliphatic carbocycles. The van der Waals surface area contributed by atoms with Crippen LogP contribution in [0.1, 0.15) is 10.4 Å². The maximum atomic E-state index is 10.4. The summed E-state index contributed by atoms with van der Waals surface area (Å²) in [5, 5.41) is 0. The van der Waals surface area contributed by atoms with Crippen molar-refractivity contribution in [3.63, 3.8) is 0 Å². The number of carbonyl (C=O) groups is 1. The fourth-order valence-electron chi connectivity index (χ4n) is 0.938. The van der Waals surface area contributed by atoms with Crippen molar-refractivity contribution in [3.8, 4) is 11.5 Å². The van der Waals surface area contributed by atoms with Crippen LogP contribution in [0.3, 0.4) is 0 Å². The molecule has 0 aliphatic heterocycles. The molecule has 1 rings (SSSR count). The van der Waals surface area contributed by atoms with Gasteiger partial charge in [0.2, 0.25) is 0 Å². The number of hydrogen-bond acceptors (Lipinski definition) is 3. The van der Waals surface area contributed by atoms with Gasteiger partial charge in [-0.15, -0.1) is 0 Å². The summed E-state index contributed by atoms with van der Waals surface area (Å²) >= 11 is 5.39. The van der Waals surface area contributed by atoms with Crippen molar-refractivity contribution in [2.45, 2.75) is 0 Å². The van der Waals surface area contributed by atoms with E-state index in [4.69, 9.17) is 21.1 Å². The van der Waals surface area contributed by atoms with E-state index in [0.717, 1.165) is 6.29 Å². The molecule has 1 aromatic rings. The number of benzene rings is 1. The van der Waals surface area contributed by atoms with E-state index in [0.29, 0.717) is 17.1 Å². The number of ether oxygens (including phenoxy) is 2. The lowest BCUT2D eigenvalue weighted by molar-refractivity contribution is 0.112. The molecule has 4 heteroatoms. The maximum absolute atomic E-state index is 10.4. The maximum Gasteiger partial charge on any atom is 0.163 e. The Morgan fingerprint density at radius 3 is 2.77 bits per heavy atom. The Morgan fingerprint density at radius 2 is 2.23 bits per heavy atom. The zero-order valence-electron chi connectivity index (χ0n) is 7.12. The van der Waals surface area contributed by atoms with Crippen LogP contribution < -0.4 is 9.47 Å². The van der Waals surface area contributed by atoms with Crippen LogP contribution >= 0.6 is 11.6 Å². The molecular formula is C9H9ClO3. The van der Waals surface area contributed by atoms with Gasteiger partial charge in [-0.25, -0.2) is 0 Å². The first-order chi connectivity index (χ1) is 6.31. The van der Waals surface area contributed by atoms with Gasteiger partial charge >= 0.3 is 0 Å². The second kappa shape index (κ2) is 4.72. The van der Waals surface area contributed by atoms with E-state index in [9.17, 15) is 4.79 Å². The largest absolute Gasteiger partial charge is 0.493 e. The van der Waals surface area contributed by atoms with Crippen LogP contribution in [0.5, 0.6) is 11.5 Å². The van der Waals surface area contributed by atoms with E-state index in [-0.39, 0.29) is 6.07 Å². The van der Waals surface area contributed by atoms with Gasteiger partial charge in [0.1, 0.15) is 6.29 Å². The third-order valence-electron chi connectivity index (χ3n) is 1.53. The Bertz CT molecular complexity index is 299. The van der Waals surface area contributed by atoms with E-state index < -0.39 is 0 Å². The van der Waals surface area contributed by atoms with Crippen molar-refractivity contribution < 1.29 is 14.3 Å². The summed E-state index contributed by atoms with van der Waals surface area (Å²) in [4.78, 5) is 10.4. The number of hydrogen-bond donors (Lipinski definition) is 0. The van der Waals surface area contributed by atoms with Crippen molar-refractivity contribution in [2.24, 2.45) is 0 Å². The van der Waals surface area contributed by atoms with Gasteiger partial charge in [-0.2, -0.15) is 0 Å². The second-order valence-corrected chi connectivity index (χ2v) is 2.50. The monoisotopic (exact) mass is 200 g/mol. The van der Waals surface area contributed by atoms with E-state index in [1.807, 2.05) is 0 Å². The third-order valence-corrected chi connectivity index (χ3v) is 1.64.